The lowest BCUT2D eigenvalue weighted by Gasteiger charge is -2.29. The molecule has 9 nitrogen and oxygen atoms in total. The number of hydrogen-bond donors (Lipinski definition) is 5. The molecule has 0 spiro atoms. The zero-order chi connectivity index (χ0) is 33.6. The lowest BCUT2D eigenvalue weighted by Crippen LogP contribution is -2.51. The zero-order valence-corrected chi connectivity index (χ0v) is 26.3. The number of β-amino-alcohol motifs (C(OH)–C–C–N with tert-alkyl or cyclic N) is 1. The van der Waals surface area contributed by atoms with Gasteiger partial charge in [0.15, 0.2) is 0 Å². The second-order valence-corrected chi connectivity index (χ2v) is 12.2. The molecule has 0 saturated heterocycles. The summed E-state index contributed by atoms with van der Waals surface area (Å²) in [5.74, 6) is -0.817. The summed E-state index contributed by atoms with van der Waals surface area (Å²) in [6.07, 6.45) is -4.85. The third-order valence-electron chi connectivity index (χ3n) is 7.79. The van der Waals surface area contributed by atoms with Crippen LogP contribution in [0.15, 0.2) is 66.7 Å². The molecule has 0 aromatic heterocycles. The monoisotopic (exact) mass is 639 g/mol. The van der Waals surface area contributed by atoms with E-state index in [1.165, 1.54) is 18.0 Å². The van der Waals surface area contributed by atoms with Crippen molar-refractivity contribution in [2.45, 2.75) is 70.4 Å². The molecule has 0 unspecified atom stereocenters. The van der Waals surface area contributed by atoms with Gasteiger partial charge >= 0.3 is 12.2 Å². The van der Waals surface area contributed by atoms with E-state index in [0.717, 1.165) is 28.8 Å². The third-order valence-corrected chi connectivity index (χ3v) is 7.79. The lowest BCUT2D eigenvalue weighted by atomic mass is 9.99. The smallest absolute Gasteiger partial charge is 0.392 e. The Labute approximate surface area is 266 Å². The molecule has 0 bridgehead atoms. The Morgan fingerprint density at radius 2 is 1.74 bits per heavy atom. The molecule has 5 N–H and O–H groups in total. The van der Waals surface area contributed by atoms with Crippen molar-refractivity contribution in [1.29, 1.82) is 0 Å². The van der Waals surface area contributed by atoms with Gasteiger partial charge in [-0.15, -0.1) is 0 Å². The van der Waals surface area contributed by atoms with Crippen molar-refractivity contribution < 1.29 is 32.7 Å². The van der Waals surface area contributed by atoms with Crippen molar-refractivity contribution >= 4 is 29.2 Å². The zero-order valence-electron chi connectivity index (χ0n) is 26.3. The summed E-state index contributed by atoms with van der Waals surface area (Å²) in [6.45, 7) is 5.58. The molecule has 0 radical (unpaired) electrons. The van der Waals surface area contributed by atoms with Crippen molar-refractivity contribution in [1.82, 2.24) is 16.0 Å². The number of alkyl halides is 3. The van der Waals surface area contributed by atoms with Gasteiger partial charge in [-0.05, 0) is 74.6 Å². The summed E-state index contributed by atoms with van der Waals surface area (Å²) >= 11 is 0. The third kappa shape index (κ3) is 8.85. The summed E-state index contributed by atoms with van der Waals surface area (Å²) in [5, 5.41) is 20.9. The maximum absolute atomic E-state index is 14.0. The predicted molar refractivity (Wildman–Crippen MR) is 171 cm³/mol. The maximum atomic E-state index is 14.0. The fraction of sp³-hybridized carbons (Fsp3) is 0.382. The Hall–Kier alpha value is -4.42. The van der Waals surface area contributed by atoms with Crippen LogP contribution in [-0.2, 0) is 28.7 Å². The topological polar surface area (TPSA) is 123 Å². The molecule has 246 valence electrons. The standard InChI is InChI=1S/C34H40F3N5O4/c1-21(43)19-39-33(2,3)18-30(44)40-28-15-13-24-17-25(34(35,36)37)14-16-29(24)42(31(28)45)20-22-9-11-23(12-10-22)26-7-5-6-8-27(26)41-32(46)38-4/h5-12,14,16-17,21,28,39,43H,13,15,18-20H2,1-4H3,(H,40,44)(H2,38,41,46)/t21-,28+/m0/s1. The van der Waals surface area contributed by atoms with Crippen molar-refractivity contribution in [2.24, 2.45) is 0 Å². The van der Waals surface area contributed by atoms with Gasteiger partial charge in [0.2, 0.25) is 11.8 Å². The van der Waals surface area contributed by atoms with Crippen LogP contribution in [0.5, 0.6) is 0 Å². The molecule has 3 aromatic rings. The Balaban J connectivity index is 1.60. The van der Waals surface area contributed by atoms with Crippen LogP contribution < -0.4 is 26.2 Å². The van der Waals surface area contributed by atoms with Gasteiger partial charge in [-0.1, -0.05) is 42.5 Å². The van der Waals surface area contributed by atoms with Crippen LogP contribution in [0.4, 0.5) is 29.3 Å². The van der Waals surface area contributed by atoms with E-state index in [1.807, 2.05) is 36.4 Å². The first-order valence-electron chi connectivity index (χ1n) is 15.1. The minimum Gasteiger partial charge on any atom is -0.392 e. The van der Waals surface area contributed by atoms with E-state index >= 15 is 0 Å². The number of nitrogens with zero attached hydrogens (tertiary/aromatic N) is 1. The van der Waals surface area contributed by atoms with E-state index in [-0.39, 0.29) is 38.4 Å². The van der Waals surface area contributed by atoms with Crippen LogP contribution in [0, 0.1) is 0 Å². The minimum absolute atomic E-state index is 0.0202. The molecule has 0 saturated carbocycles. The van der Waals surface area contributed by atoms with Gasteiger partial charge in [-0.3, -0.25) is 9.59 Å². The number of carbonyl (C=O) groups excluding carboxylic acids is 3. The van der Waals surface area contributed by atoms with Gasteiger partial charge in [-0.2, -0.15) is 13.2 Å². The van der Waals surface area contributed by atoms with Crippen LogP contribution >= 0.6 is 0 Å². The van der Waals surface area contributed by atoms with Crippen molar-refractivity contribution in [3.05, 3.63) is 83.4 Å². The fourth-order valence-corrected chi connectivity index (χ4v) is 5.39. The average Bonchev–Trinajstić information content (AvgIpc) is 3.12. The molecule has 0 fully saturated rings. The Morgan fingerprint density at radius 1 is 1.04 bits per heavy atom. The molecule has 2 atom stereocenters. The molecular formula is C34H40F3N5O4. The molecule has 1 heterocycles. The van der Waals surface area contributed by atoms with E-state index in [0.29, 0.717) is 16.9 Å². The number of para-hydroxylation sites is 1. The van der Waals surface area contributed by atoms with Crippen LogP contribution in [0.2, 0.25) is 0 Å². The normalized spacial score (nSPS) is 15.9. The number of aliphatic hydroxyl groups excluding tert-OH is 1. The highest BCUT2D eigenvalue weighted by Crippen LogP contribution is 2.36. The van der Waals surface area contributed by atoms with Crippen LogP contribution in [0.1, 0.15) is 50.3 Å². The lowest BCUT2D eigenvalue weighted by molar-refractivity contribution is -0.137. The number of hydrogen-bond acceptors (Lipinski definition) is 5. The highest BCUT2D eigenvalue weighted by atomic mass is 19.4. The summed E-state index contributed by atoms with van der Waals surface area (Å²) in [6, 6.07) is 16.7. The number of carbonyl (C=O) groups is 3. The second-order valence-electron chi connectivity index (χ2n) is 12.2. The van der Waals surface area contributed by atoms with Crippen LogP contribution in [-0.4, -0.2) is 54.2 Å². The first-order chi connectivity index (χ1) is 21.7. The van der Waals surface area contributed by atoms with Gasteiger partial charge in [0, 0.05) is 36.8 Å². The summed E-state index contributed by atoms with van der Waals surface area (Å²) in [5.41, 5.74) is 2.16. The van der Waals surface area contributed by atoms with E-state index in [4.69, 9.17) is 0 Å². The van der Waals surface area contributed by atoms with Crippen molar-refractivity contribution in [2.75, 3.05) is 23.8 Å². The second kappa shape index (κ2) is 14.3. The summed E-state index contributed by atoms with van der Waals surface area (Å²) < 4.78 is 40.8. The van der Waals surface area contributed by atoms with E-state index in [2.05, 4.69) is 21.3 Å². The number of aliphatic hydroxyl groups is 1. The van der Waals surface area contributed by atoms with E-state index < -0.39 is 41.2 Å². The largest absolute Gasteiger partial charge is 0.416 e. The van der Waals surface area contributed by atoms with Crippen molar-refractivity contribution in [3.8, 4) is 11.1 Å². The average molecular weight is 640 g/mol. The SMILES string of the molecule is CNC(=O)Nc1ccccc1-c1ccc(CN2C(=O)[C@H](NC(=O)CC(C)(C)NC[C@H](C)O)CCc3cc(C(F)(F)F)ccc32)cc1. The number of benzene rings is 3. The number of halogens is 3. The predicted octanol–water partition coefficient (Wildman–Crippen LogP) is 5.23. The number of aryl methyl sites for hydroxylation is 1. The van der Waals surface area contributed by atoms with Gasteiger partial charge in [0.1, 0.15) is 6.04 Å². The minimum atomic E-state index is -4.55. The van der Waals surface area contributed by atoms with Gasteiger partial charge in [-0.25, -0.2) is 4.79 Å². The van der Waals surface area contributed by atoms with Gasteiger partial charge in [0.25, 0.3) is 0 Å². The van der Waals surface area contributed by atoms with Gasteiger partial charge in [0.05, 0.1) is 23.9 Å². The molecule has 46 heavy (non-hydrogen) atoms. The molecule has 12 heteroatoms. The highest BCUT2D eigenvalue weighted by molar-refractivity contribution is 6.00. The molecule has 3 aromatic carbocycles. The number of amides is 4. The first-order valence-corrected chi connectivity index (χ1v) is 15.1. The summed E-state index contributed by atoms with van der Waals surface area (Å²) in [4.78, 5) is 40.4. The van der Waals surface area contributed by atoms with Crippen molar-refractivity contribution in [3.63, 3.8) is 0 Å². The number of rotatable bonds is 10. The first kappa shape index (κ1) is 34.5. The Bertz CT molecular complexity index is 1560. The quantitative estimate of drug-likeness (QED) is 0.208. The van der Waals surface area contributed by atoms with Crippen LogP contribution in [0.25, 0.3) is 11.1 Å². The van der Waals surface area contributed by atoms with E-state index in [9.17, 15) is 32.7 Å². The van der Waals surface area contributed by atoms with Crippen LogP contribution in [0.3, 0.4) is 0 Å². The van der Waals surface area contributed by atoms with E-state index in [1.54, 1.807) is 32.9 Å². The number of anilines is 2. The fourth-order valence-electron chi connectivity index (χ4n) is 5.39. The Kier molecular flexibility index (Phi) is 10.7. The Morgan fingerprint density at radius 3 is 2.39 bits per heavy atom. The molecule has 0 aliphatic carbocycles. The number of fused-ring (bicyclic) bond motifs is 1. The molecular weight excluding hydrogens is 599 g/mol. The molecule has 4 amide bonds. The highest BCUT2D eigenvalue weighted by Gasteiger charge is 2.36. The van der Waals surface area contributed by atoms with Gasteiger partial charge < -0.3 is 31.3 Å². The molecule has 1 aliphatic heterocycles. The maximum Gasteiger partial charge on any atom is 0.416 e. The summed E-state index contributed by atoms with van der Waals surface area (Å²) in [7, 11) is 1.52. The number of urea groups is 1. The molecule has 4 rings (SSSR count). The molecule has 1 aliphatic rings. The number of nitrogens with one attached hydrogen (secondary N) is 4.